The van der Waals surface area contributed by atoms with Crippen molar-refractivity contribution in [1.82, 2.24) is 19.6 Å². The zero-order chi connectivity index (χ0) is 28.7. The lowest BCUT2D eigenvalue weighted by molar-refractivity contribution is -0.167. The first-order chi connectivity index (χ1) is 19.0. The molecule has 0 saturated heterocycles. The van der Waals surface area contributed by atoms with Crippen LogP contribution in [0.2, 0.25) is 0 Å². The Hall–Kier alpha value is -4.00. The summed E-state index contributed by atoms with van der Waals surface area (Å²) in [5.74, 6) is 0.255. The number of methoxy groups -OCH3 is 1. The van der Waals surface area contributed by atoms with Gasteiger partial charge in [-0.25, -0.2) is 18.7 Å². The number of carbonyl (C=O) groups is 1. The van der Waals surface area contributed by atoms with Crippen molar-refractivity contribution in [3.05, 3.63) is 64.2 Å². The number of aromatic nitrogens is 4. The van der Waals surface area contributed by atoms with E-state index in [1.54, 1.807) is 36.8 Å². The lowest BCUT2D eigenvalue weighted by Crippen LogP contribution is -2.46. The molecule has 0 radical (unpaired) electrons. The van der Waals surface area contributed by atoms with Crippen LogP contribution in [0.15, 0.2) is 35.9 Å². The summed E-state index contributed by atoms with van der Waals surface area (Å²) in [5.41, 5.74) is 0.0195. The lowest BCUT2D eigenvalue weighted by atomic mass is 9.76. The minimum atomic E-state index is -1.02. The van der Waals surface area contributed by atoms with E-state index in [0.29, 0.717) is 35.8 Å². The van der Waals surface area contributed by atoms with E-state index in [1.807, 2.05) is 6.92 Å². The summed E-state index contributed by atoms with van der Waals surface area (Å²) in [6.45, 7) is 5.22. The van der Waals surface area contributed by atoms with Crippen LogP contribution in [0, 0.1) is 30.0 Å². The Morgan fingerprint density at radius 1 is 1.32 bits per heavy atom. The number of halogens is 1. The van der Waals surface area contributed by atoms with Crippen molar-refractivity contribution >= 4 is 11.7 Å². The number of rotatable bonds is 8. The van der Waals surface area contributed by atoms with Gasteiger partial charge in [0.25, 0.3) is 5.78 Å². The van der Waals surface area contributed by atoms with Gasteiger partial charge in [-0.1, -0.05) is 12.8 Å². The molecule has 1 saturated carbocycles. The van der Waals surface area contributed by atoms with Gasteiger partial charge in [0.15, 0.2) is 5.82 Å². The lowest BCUT2D eigenvalue weighted by Gasteiger charge is -2.42. The first-order valence-corrected chi connectivity index (χ1v) is 13.7. The van der Waals surface area contributed by atoms with Gasteiger partial charge >= 0.3 is 5.97 Å². The maximum absolute atomic E-state index is 15.1. The van der Waals surface area contributed by atoms with Gasteiger partial charge in [-0.3, -0.25) is 0 Å². The summed E-state index contributed by atoms with van der Waals surface area (Å²) in [4.78, 5) is 22.0. The van der Waals surface area contributed by atoms with E-state index in [-0.39, 0.29) is 35.7 Å². The molecular formula is C30H34FN5O4. The van der Waals surface area contributed by atoms with Crippen LogP contribution in [0.1, 0.15) is 74.9 Å². The monoisotopic (exact) mass is 547 g/mol. The molecule has 0 amide bonds. The predicted octanol–water partition coefficient (Wildman–Crippen LogP) is 5.24. The van der Waals surface area contributed by atoms with E-state index in [2.05, 4.69) is 21.1 Å². The smallest absolute Gasteiger partial charge is 0.338 e. The third-order valence-corrected chi connectivity index (χ3v) is 8.30. The van der Waals surface area contributed by atoms with Crippen molar-refractivity contribution in [2.45, 2.75) is 83.2 Å². The molecule has 40 heavy (non-hydrogen) atoms. The fourth-order valence-electron chi connectivity index (χ4n) is 6.00. The van der Waals surface area contributed by atoms with Crippen LogP contribution in [0.3, 0.4) is 0 Å². The van der Waals surface area contributed by atoms with E-state index < -0.39 is 22.8 Å². The number of aliphatic hydroxyl groups excluding tert-OH is 1. The van der Waals surface area contributed by atoms with Crippen LogP contribution < -0.4 is 4.74 Å². The average molecular weight is 548 g/mol. The summed E-state index contributed by atoms with van der Waals surface area (Å²) in [6.07, 6.45) is 8.27. The molecule has 1 aliphatic heterocycles. The molecule has 210 valence electrons. The summed E-state index contributed by atoms with van der Waals surface area (Å²) in [7, 11) is 1.51. The van der Waals surface area contributed by atoms with Crippen LogP contribution in [-0.2, 0) is 27.8 Å². The molecule has 3 aromatic rings. The fourth-order valence-corrected chi connectivity index (χ4v) is 6.00. The maximum Gasteiger partial charge on any atom is 0.338 e. The van der Waals surface area contributed by atoms with Gasteiger partial charge in [-0.05, 0) is 75.6 Å². The number of esters is 1. The van der Waals surface area contributed by atoms with E-state index in [1.165, 1.54) is 13.2 Å². The zero-order valence-electron chi connectivity index (χ0n) is 23.3. The first kappa shape index (κ1) is 27.6. The quantitative estimate of drug-likeness (QED) is 0.380. The number of aliphatic hydroxyl groups is 1. The summed E-state index contributed by atoms with van der Waals surface area (Å²) < 4.78 is 28.5. The normalized spacial score (nSPS) is 20.1. The second kappa shape index (κ2) is 10.5. The largest absolute Gasteiger partial charge is 0.512 e. The first-order valence-electron chi connectivity index (χ1n) is 13.7. The van der Waals surface area contributed by atoms with Crippen molar-refractivity contribution in [3.8, 4) is 11.8 Å². The van der Waals surface area contributed by atoms with Crippen LogP contribution in [-0.4, -0.2) is 43.4 Å². The topological polar surface area (TPSA) is 123 Å². The number of benzene rings is 1. The van der Waals surface area contributed by atoms with E-state index in [0.717, 1.165) is 31.2 Å². The minimum absolute atomic E-state index is 0.0181. The number of nitrogens with zero attached hydrogens (tertiary/aromatic N) is 5. The van der Waals surface area contributed by atoms with Crippen LogP contribution >= 0.6 is 0 Å². The molecule has 1 N–H and O–H groups in total. The molecule has 10 heteroatoms. The van der Waals surface area contributed by atoms with Gasteiger partial charge in [0, 0.05) is 30.8 Å². The van der Waals surface area contributed by atoms with Gasteiger partial charge in [0.05, 0.1) is 24.2 Å². The Morgan fingerprint density at radius 2 is 2.08 bits per heavy atom. The molecule has 2 aliphatic rings. The fraction of sp³-hybridized carbons (Fsp3) is 0.500. The number of fused-ring (bicyclic) bond motifs is 1. The molecule has 1 aromatic carbocycles. The number of aryl methyl sites for hydroxylation is 2. The van der Waals surface area contributed by atoms with E-state index in [4.69, 9.17) is 9.47 Å². The van der Waals surface area contributed by atoms with Gasteiger partial charge in [-0.15, -0.1) is 5.10 Å². The highest BCUT2D eigenvalue weighted by atomic mass is 19.1. The second-order valence-corrected chi connectivity index (χ2v) is 11.5. The molecular weight excluding hydrogens is 513 g/mol. The number of nitriles is 1. The molecule has 1 fully saturated rings. The molecule has 5 rings (SSSR count). The van der Waals surface area contributed by atoms with Crippen molar-refractivity contribution in [1.29, 1.82) is 5.26 Å². The Bertz CT molecular complexity index is 1530. The second-order valence-electron chi connectivity index (χ2n) is 11.5. The third kappa shape index (κ3) is 5.12. The number of hydrogen-bond acceptors (Lipinski definition) is 8. The van der Waals surface area contributed by atoms with Crippen LogP contribution in [0.25, 0.3) is 5.78 Å². The highest BCUT2D eigenvalue weighted by Gasteiger charge is 2.48. The highest BCUT2D eigenvalue weighted by Crippen LogP contribution is 2.46. The number of carbonyl (C=O) groups excluding carboxylic acids is 1. The van der Waals surface area contributed by atoms with Gasteiger partial charge in [0.2, 0.25) is 0 Å². The van der Waals surface area contributed by atoms with Crippen LogP contribution in [0.4, 0.5) is 4.39 Å². The predicted molar refractivity (Wildman–Crippen MR) is 144 cm³/mol. The molecule has 0 spiro atoms. The Morgan fingerprint density at radius 3 is 2.75 bits per heavy atom. The average Bonchev–Trinajstić information content (AvgIpc) is 3.60. The summed E-state index contributed by atoms with van der Waals surface area (Å²) in [5, 5.41) is 25.1. The number of cyclic esters (lactones) is 1. The van der Waals surface area contributed by atoms with Crippen molar-refractivity contribution in [3.63, 3.8) is 0 Å². The standard InChI is InChI=1S/C30H34FN5O4/c1-18-15-33-28-34-26(35-36(28)16-18)12-21-24(37)14-30(40-27(21)38,20-7-5-6-8-20)10-9-19-11-23(31)22(13-25(19)39-4)29(2,3)17-32/h11,13,15-16,20,37H,5-10,12,14H2,1-4H3. The van der Waals surface area contributed by atoms with Gasteiger partial charge in [0.1, 0.15) is 22.9 Å². The number of ether oxygens (including phenoxy) is 2. The number of hydrogen-bond donors (Lipinski definition) is 1. The summed E-state index contributed by atoms with van der Waals surface area (Å²) in [6, 6.07) is 5.13. The van der Waals surface area contributed by atoms with E-state index in [9.17, 15) is 15.2 Å². The van der Waals surface area contributed by atoms with Gasteiger partial charge in [-0.2, -0.15) is 10.2 Å². The molecule has 9 nitrogen and oxygen atoms in total. The molecule has 1 aliphatic carbocycles. The summed E-state index contributed by atoms with van der Waals surface area (Å²) >= 11 is 0. The molecule has 1 unspecified atom stereocenters. The molecule has 1 atom stereocenters. The van der Waals surface area contributed by atoms with Crippen LogP contribution in [0.5, 0.6) is 5.75 Å². The Balaban J connectivity index is 1.42. The zero-order valence-corrected chi connectivity index (χ0v) is 23.3. The Labute approximate surface area is 232 Å². The highest BCUT2D eigenvalue weighted by molar-refractivity contribution is 5.90. The molecule has 3 heterocycles. The van der Waals surface area contributed by atoms with Crippen molar-refractivity contribution in [2.24, 2.45) is 5.92 Å². The maximum atomic E-state index is 15.1. The SMILES string of the molecule is COc1cc(C(C)(C)C#N)c(F)cc1CCC1(C2CCCC2)CC(O)=C(Cc2nc3ncc(C)cn3n2)C(=O)O1. The third-order valence-electron chi connectivity index (χ3n) is 8.30. The van der Waals surface area contributed by atoms with E-state index >= 15 is 4.39 Å². The van der Waals surface area contributed by atoms with Crippen molar-refractivity contribution in [2.75, 3.05) is 7.11 Å². The minimum Gasteiger partial charge on any atom is -0.512 e. The van der Waals surface area contributed by atoms with Gasteiger partial charge < -0.3 is 14.6 Å². The molecule has 2 aromatic heterocycles. The molecule has 0 bridgehead atoms. The van der Waals surface area contributed by atoms with Crippen molar-refractivity contribution < 1.29 is 23.8 Å². The Kier molecular flexibility index (Phi) is 7.25.